The number of hydrogen-bond acceptors (Lipinski definition) is 5. The number of carbonyl (C=O) groups is 1. The summed E-state index contributed by atoms with van der Waals surface area (Å²) in [5, 5.41) is 0.288. The molecular weight excluding hydrogens is 301 g/mol. The standard InChI is InChI=1S/C10H11Cl2NO4S/c1-18(15,16)3-2-17-10(14)6-4-7(11)9(12)8(13)5-6/h4-5H,2-3,13H2,1H3. The minimum absolute atomic E-state index is 0.121. The fraction of sp³-hybridized carbons (Fsp3) is 0.300. The van der Waals surface area contributed by atoms with Crippen LogP contribution in [0, 0.1) is 0 Å². The quantitative estimate of drug-likeness (QED) is 0.676. The van der Waals surface area contributed by atoms with Gasteiger partial charge in [-0.15, -0.1) is 0 Å². The monoisotopic (exact) mass is 311 g/mol. The van der Waals surface area contributed by atoms with E-state index in [0.717, 1.165) is 6.26 Å². The van der Waals surface area contributed by atoms with Gasteiger partial charge in [0.1, 0.15) is 6.61 Å². The predicted molar refractivity (Wildman–Crippen MR) is 70.9 cm³/mol. The first-order valence-corrected chi connectivity index (χ1v) is 7.61. The van der Waals surface area contributed by atoms with E-state index in [4.69, 9.17) is 33.7 Å². The lowest BCUT2D eigenvalue weighted by Crippen LogP contribution is -2.14. The first-order valence-electron chi connectivity index (χ1n) is 4.80. The van der Waals surface area contributed by atoms with Gasteiger partial charge in [0.2, 0.25) is 0 Å². The van der Waals surface area contributed by atoms with E-state index in [0.29, 0.717) is 0 Å². The largest absolute Gasteiger partial charge is 0.461 e. The third-order valence-corrected chi connectivity index (χ3v) is 3.70. The van der Waals surface area contributed by atoms with Gasteiger partial charge >= 0.3 is 5.97 Å². The molecule has 1 rings (SSSR count). The number of anilines is 1. The molecule has 2 N–H and O–H groups in total. The summed E-state index contributed by atoms with van der Waals surface area (Å²) in [5.41, 5.74) is 5.81. The molecule has 0 bridgehead atoms. The molecule has 0 aromatic heterocycles. The van der Waals surface area contributed by atoms with Crippen molar-refractivity contribution in [2.45, 2.75) is 0 Å². The van der Waals surface area contributed by atoms with E-state index >= 15 is 0 Å². The first-order chi connectivity index (χ1) is 8.20. The minimum atomic E-state index is -3.17. The Balaban J connectivity index is 2.74. The zero-order chi connectivity index (χ0) is 13.9. The van der Waals surface area contributed by atoms with Gasteiger partial charge in [0.05, 0.1) is 27.0 Å². The summed E-state index contributed by atoms with van der Waals surface area (Å²) < 4.78 is 26.5. The highest BCUT2D eigenvalue weighted by molar-refractivity contribution is 7.90. The molecule has 0 unspecified atom stereocenters. The van der Waals surface area contributed by atoms with Crippen molar-refractivity contribution in [2.24, 2.45) is 0 Å². The Bertz CT molecular complexity index is 548. The first kappa shape index (κ1) is 15.1. The Morgan fingerprint density at radius 1 is 1.39 bits per heavy atom. The van der Waals surface area contributed by atoms with Gasteiger partial charge in [-0.25, -0.2) is 13.2 Å². The molecule has 0 radical (unpaired) electrons. The fourth-order valence-electron chi connectivity index (χ4n) is 1.10. The average Bonchev–Trinajstić information content (AvgIpc) is 2.23. The molecule has 0 atom stereocenters. The zero-order valence-electron chi connectivity index (χ0n) is 9.44. The topological polar surface area (TPSA) is 86.5 Å². The molecule has 0 heterocycles. The molecule has 0 aliphatic heterocycles. The summed E-state index contributed by atoms with van der Waals surface area (Å²) in [6.07, 6.45) is 1.05. The molecule has 0 fully saturated rings. The molecule has 0 spiro atoms. The maximum Gasteiger partial charge on any atom is 0.338 e. The molecule has 0 aliphatic carbocycles. The maximum atomic E-state index is 11.6. The average molecular weight is 312 g/mol. The van der Waals surface area contributed by atoms with Crippen molar-refractivity contribution in [1.82, 2.24) is 0 Å². The highest BCUT2D eigenvalue weighted by atomic mass is 35.5. The van der Waals surface area contributed by atoms with Gasteiger partial charge in [-0.3, -0.25) is 0 Å². The number of sulfone groups is 1. The van der Waals surface area contributed by atoms with Crippen molar-refractivity contribution in [1.29, 1.82) is 0 Å². The van der Waals surface area contributed by atoms with Gasteiger partial charge in [0.25, 0.3) is 0 Å². The van der Waals surface area contributed by atoms with E-state index in [-0.39, 0.29) is 33.7 Å². The summed E-state index contributed by atoms with van der Waals surface area (Å²) in [6.45, 7) is -0.224. The maximum absolute atomic E-state index is 11.6. The van der Waals surface area contributed by atoms with Gasteiger partial charge in [0.15, 0.2) is 9.84 Å². The lowest BCUT2D eigenvalue weighted by molar-refractivity contribution is 0.0529. The Hall–Kier alpha value is -0.980. The summed E-state index contributed by atoms with van der Waals surface area (Å²) >= 11 is 11.5. The molecule has 0 saturated carbocycles. The highest BCUT2D eigenvalue weighted by Crippen LogP contribution is 2.29. The Labute approximate surface area is 115 Å². The van der Waals surface area contributed by atoms with Gasteiger partial charge < -0.3 is 10.5 Å². The Morgan fingerprint density at radius 3 is 2.50 bits per heavy atom. The van der Waals surface area contributed by atoms with E-state index in [9.17, 15) is 13.2 Å². The molecule has 0 aliphatic rings. The number of halogens is 2. The molecule has 1 aromatic rings. The van der Waals surface area contributed by atoms with Crippen LogP contribution in [0.4, 0.5) is 5.69 Å². The lowest BCUT2D eigenvalue weighted by Gasteiger charge is -2.07. The number of carbonyl (C=O) groups excluding carboxylic acids is 1. The van der Waals surface area contributed by atoms with E-state index in [1.54, 1.807) is 0 Å². The second-order valence-corrected chi connectivity index (χ2v) is 6.67. The van der Waals surface area contributed by atoms with Crippen molar-refractivity contribution >= 4 is 44.7 Å². The summed E-state index contributed by atoms with van der Waals surface area (Å²) in [4.78, 5) is 11.6. The fourth-order valence-corrected chi connectivity index (χ4v) is 1.82. The number of nitrogens with two attached hydrogens (primary N) is 1. The Kier molecular flexibility index (Phi) is 4.84. The van der Waals surface area contributed by atoms with Crippen LogP contribution in [0.1, 0.15) is 10.4 Å². The van der Waals surface area contributed by atoms with E-state index in [1.165, 1.54) is 12.1 Å². The summed E-state index contributed by atoms with van der Waals surface area (Å²) in [5.74, 6) is -0.945. The van der Waals surface area contributed by atoms with Crippen LogP contribution in [0.25, 0.3) is 0 Å². The number of esters is 1. The van der Waals surface area contributed by atoms with Gasteiger partial charge in [0, 0.05) is 6.26 Å². The summed E-state index contributed by atoms with van der Waals surface area (Å²) in [7, 11) is -3.17. The van der Waals surface area contributed by atoms with Crippen LogP contribution in [0.3, 0.4) is 0 Å². The number of hydrogen-bond donors (Lipinski definition) is 1. The molecule has 5 nitrogen and oxygen atoms in total. The van der Waals surface area contributed by atoms with Crippen LogP contribution < -0.4 is 5.73 Å². The number of benzene rings is 1. The molecule has 0 amide bonds. The molecular formula is C10H11Cl2NO4S. The van der Waals surface area contributed by atoms with E-state index in [2.05, 4.69) is 0 Å². The smallest absolute Gasteiger partial charge is 0.338 e. The van der Waals surface area contributed by atoms with Crippen LogP contribution in [-0.2, 0) is 14.6 Å². The number of ether oxygens (including phenoxy) is 1. The molecule has 8 heteroatoms. The lowest BCUT2D eigenvalue weighted by atomic mass is 10.2. The van der Waals surface area contributed by atoms with Crippen molar-refractivity contribution in [2.75, 3.05) is 24.3 Å². The van der Waals surface area contributed by atoms with Crippen molar-refractivity contribution in [3.05, 3.63) is 27.7 Å². The molecule has 0 saturated heterocycles. The van der Waals surface area contributed by atoms with Crippen LogP contribution in [-0.4, -0.2) is 33.0 Å². The van der Waals surface area contributed by atoms with E-state index < -0.39 is 15.8 Å². The SMILES string of the molecule is CS(=O)(=O)CCOC(=O)c1cc(N)c(Cl)c(Cl)c1. The van der Waals surface area contributed by atoms with Crippen LogP contribution in [0.5, 0.6) is 0 Å². The van der Waals surface area contributed by atoms with Gasteiger partial charge in [-0.05, 0) is 12.1 Å². The second-order valence-electron chi connectivity index (χ2n) is 3.63. The second kappa shape index (κ2) is 5.77. The van der Waals surface area contributed by atoms with Crippen LogP contribution in [0.2, 0.25) is 10.0 Å². The normalized spacial score (nSPS) is 11.3. The molecule has 18 heavy (non-hydrogen) atoms. The third-order valence-electron chi connectivity index (χ3n) is 1.98. The van der Waals surface area contributed by atoms with E-state index in [1.807, 2.05) is 0 Å². The zero-order valence-corrected chi connectivity index (χ0v) is 11.8. The number of nitrogen functional groups attached to an aromatic ring is 1. The third kappa shape index (κ3) is 4.36. The number of rotatable bonds is 4. The predicted octanol–water partition coefficient (Wildman–Crippen LogP) is 1.78. The van der Waals surface area contributed by atoms with Crippen molar-refractivity contribution in [3.8, 4) is 0 Å². The van der Waals surface area contributed by atoms with Gasteiger partial charge in [-0.1, -0.05) is 23.2 Å². The minimum Gasteiger partial charge on any atom is -0.461 e. The summed E-state index contributed by atoms with van der Waals surface area (Å²) in [6, 6.07) is 2.63. The Morgan fingerprint density at radius 2 is 2.00 bits per heavy atom. The van der Waals surface area contributed by atoms with Gasteiger partial charge in [-0.2, -0.15) is 0 Å². The molecule has 100 valence electrons. The van der Waals surface area contributed by atoms with Crippen molar-refractivity contribution in [3.63, 3.8) is 0 Å². The van der Waals surface area contributed by atoms with Crippen molar-refractivity contribution < 1.29 is 17.9 Å². The highest BCUT2D eigenvalue weighted by Gasteiger charge is 2.13. The van der Waals surface area contributed by atoms with Crippen LogP contribution >= 0.6 is 23.2 Å². The van der Waals surface area contributed by atoms with Crippen LogP contribution in [0.15, 0.2) is 12.1 Å². The molecule has 1 aromatic carbocycles.